The van der Waals surface area contributed by atoms with Gasteiger partial charge in [-0.2, -0.15) is 0 Å². The number of anilines is 1. The van der Waals surface area contributed by atoms with Crippen LogP contribution in [0.3, 0.4) is 0 Å². The van der Waals surface area contributed by atoms with Crippen molar-refractivity contribution < 1.29 is 4.79 Å². The smallest absolute Gasteiger partial charge is 0.321 e. The molecule has 110 valence electrons. The van der Waals surface area contributed by atoms with Crippen molar-refractivity contribution in [2.45, 2.75) is 51.9 Å². The van der Waals surface area contributed by atoms with E-state index < -0.39 is 0 Å². The minimum Gasteiger partial charge on any atom is -0.325 e. The van der Waals surface area contributed by atoms with Crippen LogP contribution in [0.25, 0.3) is 0 Å². The molecule has 1 aliphatic rings. The van der Waals surface area contributed by atoms with Crippen LogP contribution in [0.15, 0.2) is 24.3 Å². The molecule has 0 bridgehead atoms. The van der Waals surface area contributed by atoms with Gasteiger partial charge >= 0.3 is 6.03 Å². The van der Waals surface area contributed by atoms with E-state index in [1.165, 1.54) is 24.8 Å². The molecule has 1 heterocycles. The van der Waals surface area contributed by atoms with Crippen LogP contribution in [0.5, 0.6) is 0 Å². The average Bonchev–Trinajstić information content (AvgIpc) is 2.41. The Bertz CT molecular complexity index is 406. The predicted octanol–water partition coefficient (Wildman–Crippen LogP) is 4.44. The second-order valence-corrected chi connectivity index (χ2v) is 5.63. The quantitative estimate of drug-likeness (QED) is 0.868. The number of carbonyl (C=O) groups excluding carboxylic acids is 1. The van der Waals surface area contributed by atoms with Crippen molar-refractivity contribution in [1.29, 1.82) is 0 Å². The van der Waals surface area contributed by atoms with Crippen molar-refractivity contribution in [1.82, 2.24) is 4.90 Å². The second kappa shape index (κ2) is 7.93. The lowest BCUT2D eigenvalue weighted by Crippen LogP contribution is -2.37. The Morgan fingerprint density at radius 2 is 1.65 bits per heavy atom. The van der Waals surface area contributed by atoms with Crippen LogP contribution in [-0.4, -0.2) is 24.0 Å². The molecule has 1 fully saturated rings. The number of aryl methyl sites for hydroxylation is 1. The van der Waals surface area contributed by atoms with Gasteiger partial charge in [0.15, 0.2) is 0 Å². The topological polar surface area (TPSA) is 32.3 Å². The van der Waals surface area contributed by atoms with Gasteiger partial charge < -0.3 is 10.2 Å². The first kappa shape index (κ1) is 14.9. The number of hydrogen-bond acceptors (Lipinski definition) is 1. The van der Waals surface area contributed by atoms with Crippen molar-refractivity contribution in [2.24, 2.45) is 0 Å². The third-order valence-corrected chi connectivity index (χ3v) is 3.89. The number of carbonyl (C=O) groups is 1. The van der Waals surface area contributed by atoms with E-state index in [1.54, 1.807) is 0 Å². The standard InChI is InChI=1S/C17H26N2O/c1-2-8-15-9-11-16(12-10-15)18-17(20)19-13-6-4-3-5-7-14-19/h9-12H,2-8,13-14H2,1H3,(H,18,20). The van der Waals surface area contributed by atoms with Crippen molar-refractivity contribution >= 4 is 11.7 Å². The number of nitrogens with one attached hydrogen (secondary N) is 1. The Hall–Kier alpha value is -1.51. The lowest BCUT2D eigenvalue weighted by molar-refractivity contribution is 0.206. The first-order chi connectivity index (χ1) is 9.79. The summed E-state index contributed by atoms with van der Waals surface area (Å²) >= 11 is 0. The Morgan fingerprint density at radius 1 is 1.05 bits per heavy atom. The van der Waals surface area contributed by atoms with E-state index in [1.807, 2.05) is 17.0 Å². The second-order valence-electron chi connectivity index (χ2n) is 5.63. The summed E-state index contributed by atoms with van der Waals surface area (Å²) in [6.45, 7) is 3.96. The van der Waals surface area contributed by atoms with Gasteiger partial charge in [-0.15, -0.1) is 0 Å². The van der Waals surface area contributed by atoms with Gasteiger partial charge in [-0.25, -0.2) is 4.79 Å². The van der Waals surface area contributed by atoms with Crippen molar-refractivity contribution in [3.05, 3.63) is 29.8 Å². The van der Waals surface area contributed by atoms with E-state index in [2.05, 4.69) is 24.4 Å². The van der Waals surface area contributed by atoms with Crippen LogP contribution in [-0.2, 0) is 6.42 Å². The maximum Gasteiger partial charge on any atom is 0.321 e. The molecule has 0 unspecified atom stereocenters. The van der Waals surface area contributed by atoms with E-state index in [9.17, 15) is 4.79 Å². The number of hydrogen-bond donors (Lipinski definition) is 1. The SMILES string of the molecule is CCCc1ccc(NC(=O)N2CCCCCCC2)cc1. The largest absolute Gasteiger partial charge is 0.325 e. The van der Waals surface area contributed by atoms with Crippen LogP contribution in [0.4, 0.5) is 10.5 Å². The molecule has 2 amide bonds. The van der Waals surface area contributed by atoms with Crippen LogP contribution < -0.4 is 5.32 Å². The van der Waals surface area contributed by atoms with Gasteiger partial charge in [0.05, 0.1) is 0 Å². The normalized spacial score (nSPS) is 16.4. The van der Waals surface area contributed by atoms with Gasteiger partial charge in [0.25, 0.3) is 0 Å². The fraction of sp³-hybridized carbons (Fsp3) is 0.588. The third-order valence-electron chi connectivity index (χ3n) is 3.89. The summed E-state index contributed by atoms with van der Waals surface area (Å²) in [6, 6.07) is 8.27. The monoisotopic (exact) mass is 274 g/mol. The highest BCUT2D eigenvalue weighted by atomic mass is 16.2. The minimum absolute atomic E-state index is 0.0511. The van der Waals surface area contributed by atoms with Crippen LogP contribution >= 0.6 is 0 Å². The number of benzene rings is 1. The zero-order chi connectivity index (χ0) is 14.2. The molecule has 1 aromatic rings. The highest BCUT2D eigenvalue weighted by molar-refractivity contribution is 5.89. The molecule has 1 aromatic carbocycles. The van der Waals surface area contributed by atoms with Gasteiger partial charge in [0.2, 0.25) is 0 Å². The van der Waals surface area contributed by atoms with Crippen LogP contribution in [0.1, 0.15) is 51.0 Å². The van der Waals surface area contributed by atoms with E-state index in [0.29, 0.717) is 0 Å². The third kappa shape index (κ3) is 4.55. The Balaban J connectivity index is 1.88. The molecule has 3 nitrogen and oxygen atoms in total. The van der Waals surface area contributed by atoms with E-state index >= 15 is 0 Å². The number of likely N-dealkylation sites (tertiary alicyclic amines) is 1. The molecule has 20 heavy (non-hydrogen) atoms. The number of amides is 2. The van der Waals surface area contributed by atoms with Gasteiger partial charge in [0, 0.05) is 18.8 Å². The molecule has 0 atom stereocenters. The summed E-state index contributed by atoms with van der Waals surface area (Å²) in [4.78, 5) is 14.2. The first-order valence-electron chi connectivity index (χ1n) is 7.94. The van der Waals surface area contributed by atoms with E-state index in [4.69, 9.17) is 0 Å². The van der Waals surface area contributed by atoms with Crippen molar-refractivity contribution in [3.63, 3.8) is 0 Å². The summed E-state index contributed by atoms with van der Waals surface area (Å²) in [5.41, 5.74) is 2.23. The minimum atomic E-state index is 0.0511. The molecular formula is C17H26N2O. The van der Waals surface area contributed by atoms with Crippen molar-refractivity contribution in [2.75, 3.05) is 18.4 Å². The predicted molar refractivity (Wildman–Crippen MR) is 84.1 cm³/mol. The molecule has 1 aliphatic heterocycles. The number of urea groups is 1. The molecule has 2 rings (SSSR count). The molecule has 0 saturated carbocycles. The molecule has 0 radical (unpaired) electrons. The van der Waals surface area contributed by atoms with Gasteiger partial charge in [-0.3, -0.25) is 0 Å². The number of nitrogens with zero attached hydrogens (tertiary/aromatic N) is 1. The molecule has 0 aromatic heterocycles. The average molecular weight is 274 g/mol. The number of rotatable bonds is 3. The fourth-order valence-electron chi connectivity index (χ4n) is 2.70. The summed E-state index contributed by atoms with van der Waals surface area (Å²) < 4.78 is 0. The van der Waals surface area contributed by atoms with Gasteiger partial charge in [-0.05, 0) is 37.0 Å². The molecular weight excluding hydrogens is 248 g/mol. The van der Waals surface area contributed by atoms with E-state index in [0.717, 1.165) is 44.5 Å². The lowest BCUT2D eigenvalue weighted by atomic mass is 10.1. The van der Waals surface area contributed by atoms with E-state index in [-0.39, 0.29) is 6.03 Å². The molecule has 0 spiro atoms. The van der Waals surface area contributed by atoms with Crippen LogP contribution in [0.2, 0.25) is 0 Å². The molecule has 3 heteroatoms. The zero-order valence-corrected chi connectivity index (χ0v) is 12.5. The summed E-state index contributed by atoms with van der Waals surface area (Å²) in [5.74, 6) is 0. The molecule has 1 saturated heterocycles. The summed E-state index contributed by atoms with van der Waals surface area (Å²) in [6.07, 6.45) is 8.31. The zero-order valence-electron chi connectivity index (χ0n) is 12.5. The highest BCUT2D eigenvalue weighted by Crippen LogP contribution is 2.14. The summed E-state index contributed by atoms with van der Waals surface area (Å²) in [5, 5.41) is 3.02. The summed E-state index contributed by atoms with van der Waals surface area (Å²) in [7, 11) is 0. The Morgan fingerprint density at radius 3 is 2.25 bits per heavy atom. The maximum atomic E-state index is 12.3. The fourth-order valence-corrected chi connectivity index (χ4v) is 2.70. The maximum absolute atomic E-state index is 12.3. The van der Waals surface area contributed by atoms with Crippen LogP contribution in [0, 0.1) is 0 Å². The molecule has 0 aliphatic carbocycles. The van der Waals surface area contributed by atoms with Gasteiger partial charge in [0.1, 0.15) is 0 Å². The Kier molecular flexibility index (Phi) is 5.90. The van der Waals surface area contributed by atoms with Crippen molar-refractivity contribution in [3.8, 4) is 0 Å². The molecule has 1 N–H and O–H groups in total. The highest BCUT2D eigenvalue weighted by Gasteiger charge is 2.14. The van der Waals surface area contributed by atoms with Gasteiger partial charge in [-0.1, -0.05) is 44.7 Å². The Labute approximate surface area is 122 Å². The first-order valence-corrected chi connectivity index (χ1v) is 7.94. The lowest BCUT2D eigenvalue weighted by Gasteiger charge is -2.25.